The molecule has 1 aromatic carbocycles. The number of anilines is 3. The van der Waals surface area contributed by atoms with Crippen LogP contribution in [0.4, 0.5) is 17.5 Å². The maximum absolute atomic E-state index is 5.87. The largest absolute Gasteiger partial charge is 0.383 e. The molecule has 108 valence electrons. The summed E-state index contributed by atoms with van der Waals surface area (Å²) < 4.78 is 0. The first-order valence-electron chi connectivity index (χ1n) is 6.25. The third kappa shape index (κ3) is 2.84. The molecular weight excluding hydrogens is 308 g/mol. The standard InChI is InChI=1S/C13H13ClN6S/c14-7-1-3-8(4-2-7)17-13(21)20-5-9-10(6-20)18-12(16)19-11(9)15/h1-4H,5-6H2,(H,17,21)(H4,15,16,18,19). The molecule has 1 aromatic heterocycles. The molecule has 8 heteroatoms. The van der Waals surface area contributed by atoms with E-state index in [0.717, 1.165) is 16.9 Å². The number of nitrogen functional groups attached to an aromatic ring is 2. The zero-order valence-corrected chi connectivity index (χ0v) is 12.6. The van der Waals surface area contributed by atoms with E-state index in [1.165, 1.54) is 0 Å². The number of nitrogens with zero attached hydrogens (tertiary/aromatic N) is 3. The Morgan fingerprint density at radius 2 is 1.90 bits per heavy atom. The Bertz CT molecular complexity index is 703. The SMILES string of the molecule is Nc1nc(N)c2c(n1)CN(C(=S)Nc1ccc(Cl)cc1)C2. The van der Waals surface area contributed by atoms with E-state index in [9.17, 15) is 0 Å². The van der Waals surface area contributed by atoms with Gasteiger partial charge in [0.05, 0.1) is 18.8 Å². The van der Waals surface area contributed by atoms with E-state index in [-0.39, 0.29) is 5.95 Å². The van der Waals surface area contributed by atoms with Crippen LogP contribution < -0.4 is 16.8 Å². The molecule has 0 spiro atoms. The van der Waals surface area contributed by atoms with Crippen LogP contribution in [0.2, 0.25) is 5.02 Å². The van der Waals surface area contributed by atoms with Crippen LogP contribution in [0.15, 0.2) is 24.3 Å². The molecule has 0 bridgehead atoms. The van der Waals surface area contributed by atoms with Gasteiger partial charge in [0.25, 0.3) is 0 Å². The van der Waals surface area contributed by atoms with Crippen molar-refractivity contribution in [1.29, 1.82) is 0 Å². The number of halogens is 1. The molecule has 2 aromatic rings. The van der Waals surface area contributed by atoms with Crippen LogP contribution >= 0.6 is 23.8 Å². The molecule has 0 atom stereocenters. The first-order chi connectivity index (χ1) is 10.0. The lowest BCUT2D eigenvalue weighted by atomic mass is 10.2. The van der Waals surface area contributed by atoms with Crippen molar-refractivity contribution < 1.29 is 0 Å². The van der Waals surface area contributed by atoms with Crippen molar-refractivity contribution in [3.8, 4) is 0 Å². The molecule has 0 unspecified atom stereocenters. The Balaban J connectivity index is 1.73. The topological polar surface area (TPSA) is 93.1 Å². The van der Waals surface area contributed by atoms with Crippen LogP contribution in [-0.4, -0.2) is 20.0 Å². The van der Waals surface area contributed by atoms with E-state index in [1.807, 2.05) is 17.0 Å². The zero-order valence-electron chi connectivity index (χ0n) is 11.0. The number of rotatable bonds is 1. The predicted molar refractivity (Wildman–Crippen MR) is 87.8 cm³/mol. The molecule has 0 saturated carbocycles. The highest BCUT2D eigenvalue weighted by Crippen LogP contribution is 2.26. The molecule has 6 nitrogen and oxygen atoms in total. The Hall–Kier alpha value is -2.12. The van der Waals surface area contributed by atoms with Gasteiger partial charge in [0.1, 0.15) is 5.82 Å². The summed E-state index contributed by atoms with van der Waals surface area (Å²) in [5, 5.41) is 4.43. The molecule has 0 fully saturated rings. The molecule has 0 radical (unpaired) electrons. The van der Waals surface area contributed by atoms with Crippen LogP contribution in [0.3, 0.4) is 0 Å². The normalized spacial score (nSPS) is 13.1. The average Bonchev–Trinajstić information content (AvgIpc) is 2.85. The van der Waals surface area contributed by atoms with Gasteiger partial charge in [0.15, 0.2) is 5.11 Å². The molecule has 0 aliphatic carbocycles. The molecule has 2 heterocycles. The summed E-state index contributed by atoms with van der Waals surface area (Å²) in [5.74, 6) is 0.596. The van der Waals surface area contributed by atoms with E-state index >= 15 is 0 Å². The minimum atomic E-state index is 0.185. The summed E-state index contributed by atoms with van der Waals surface area (Å²) in [6.07, 6.45) is 0. The van der Waals surface area contributed by atoms with Crippen LogP contribution in [0.5, 0.6) is 0 Å². The summed E-state index contributed by atoms with van der Waals surface area (Å²) in [5.41, 5.74) is 14.1. The summed E-state index contributed by atoms with van der Waals surface area (Å²) >= 11 is 11.3. The van der Waals surface area contributed by atoms with Crippen LogP contribution in [0.1, 0.15) is 11.3 Å². The number of hydrogen-bond acceptors (Lipinski definition) is 5. The van der Waals surface area contributed by atoms with E-state index in [2.05, 4.69) is 15.3 Å². The van der Waals surface area contributed by atoms with Gasteiger partial charge in [-0.15, -0.1) is 0 Å². The third-order valence-corrected chi connectivity index (χ3v) is 3.83. The highest BCUT2D eigenvalue weighted by molar-refractivity contribution is 7.80. The lowest BCUT2D eigenvalue weighted by Gasteiger charge is -2.19. The Morgan fingerprint density at radius 3 is 2.62 bits per heavy atom. The Labute approximate surface area is 132 Å². The van der Waals surface area contributed by atoms with E-state index in [4.69, 9.17) is 35.3 Å². The van der Waals surface area contributed by atoms with Crippen LogP contribution in [-0.2, 0) is 13.1 Å². The van der Waals surface area contributed by atoms with E-state index < -0.39 is 0 Å². The number of nitrogens with two attached hydrogens (primary N) is 2. The number of aromatic nitrogens is 2. The minimum Gasteiger partial charge on any atom is -0.383 e. The summed E-state index contributed by atoms with van der Waals surface area (Å²) in [7, 11) is 0. The molecule has 1 aliphatic rings. The fourth-order valence-electron chi connectivity index (χ4n) is 2.18. The van der Waals surface area contributed by atoms with Gasteiger partial charge in [0.2, 0.25) is 5.95 Å². The monoisotopic (exact) mass is 320 g/mol. The number of hydrogen-bond donors (Lipinski definition) is 3. The van der Waals surface area contributed by atoms with Crippen molar-refractivity contribution in [1.82, 2.24) is 14.9 Å². The second-order valence-electron chi connectivity index (χ2n) is 4.69. The Kier molecular flexibility index (Phi) is 3.52. The van der Waals surface area contributed by atoms with Crippen molar-refractivity contribution in [3.05, 3.63) is 40.5 Å². The van der Waals surface area contributed by atoms with Gasteiger partial charge in [-0.2, -0.15) is 4.98 Å². The number of benzene rings is 1. The van der Waals surface area contributed by atoms with Gasteiger partial charge >= 0.3 is 0 Å². The smallest absolute Gasteiger partial charge is 0.222 e. The van der Waals surface area contributed by atoms with Gasteiger partial charge in [-0.05, 0) is 36.5 Å². The van der Waals surface area contributed by atoms with Crippen molar-refractivity contribution in [2.24, 2.45) is 0 Å². The van der Waals surface area contributed by atoms with E-state index in [0.29, 0.717) is 29.0 Å². The summed E-state index contributed by atoms with van der Waals surface area (Å²) in [6.45, 7) is 1.13. The predicted octanol–water partition coefficient (Wildman–Crippen LogP) is 2.01. The fourth-order valence-corrected chi connectivity index (χ4v) is 2.55. The van der Waals surface area contributed by atoms with Crippen LogP contribution in [0.25, 0.3) is 0 Å². The maximum Gasteiger partial charge on any atom is 0.222 e. The molecule has 5 N–H and O–H groups in total. The number of fused-ring (bicyclic) bond motifs is 1. The molecule has 21 heavy (non-hydrogen) atoms. The highest BCUT2D eigenvalue weighted by Gasteiger charge is 2.25. The third-order valence-electron chi connectivity index (χ3n) is 3.21. The van der Waals surface area contributed by atoms with Gasteiger partial charge in [-0.25, -0.2) is 4.98 Å². The first kappa shape index (κ1) is 13.8. The van der Waals surface area contributed by atoms with E-state index in [1.54, 1.807) is 12.1 Å². The van der Waals surface area contributed by atoms with Crippen molar-refractivity contribution >= 4 is 46.4 Å². The lowest BCUT2D eigenvalue weighted by Crippen LogP contribution is -2.30. The minimum absolute atomic E-state index is 0.185. The van der Waals surface area contributed by atoms with Crippen molar-refractivity contribution in [2.75, 3.05) is 16.8 Å². The van der Waals surface area contributed by atoms with Gasteiger partial charge in [0, 0.05) is 16.3 Å². The van der Waals surface area contributed by atoms with Gasteiger partial charge in [-0.1, -0.05) is 11.6 Å². The maximum atomic E-state index is 5.87. The second kappa shape index (κ2) is 5.34. The molecule has 3 rings (SSSR count). The summed E-state index contributed by atoms with van der Waals surface area (Å²) in [4.78, 5) is 10.1. The average molecular weight is 321 g/mol. The lowest BCUT2D eigenvalue weighted by molar-refractivity contribution is 0.452. The van der Waals surface area contributed by atoms with Gasteiger partial charge < -0.3 is 21.7 Å². The fraction of sp³-hybridized carbons (Fsp3) is 0.154. The van der Waals surface area contributed by atoms with Gasteiger partial charge in [-0.3, -0.25) is 0 Å². The molecule has 1 aliphatic heterocycles. The second-order valence-corrected chi connectivity index (χ2v) is 5.51. The molecule has 0 saturated heterocycles. The quantitative estimate of drug-likeness (QED) is 0.692. The van der Waals surface area contributed by atoms with Crippen molar-refractivity contribution in [2.45, 2.75) is 13.1 Å². The number of nitrogens with one attached hydrogen (secondary N) is 1. The Morgan fingerprint density at radius 1 is 1.19 bits per heavy atom. The highest BCUT2D eigenvalue weighted by atomic mass is 35.5. The first-order valence-corrected chi connectivity index (χ1v) is 7.04. The van der Waals surface area contributed by atoms with Crippen molar-refractivity contribution in [3.63, 3.8) is 0 Å². The number of thiocarbonyl (C=S) groups is 1. The molecule has 0 amide bonds. The summed E-state index contributed by atoms with van der Waals surface area (Å²) in [6, 6.07) is 7.33. The van der Waals surface area contributed by atoms with Crippen LogP contribution in [0, 0.1) is 0 Å². The zero-order chi connectivity index (χ0) is 15.0. The molecular formula is C13H13ClN6S.